The molecule has 1 N–H and O–H groups in total. The minimum absolute atomic E-state index is 0.0473. The molecule has 0 saturated heterocycles. The lowest BCUT2D eigenvalue weighted by Gasteiger charge is -2.29. The van der Waals surface area contributed by atoms with Crippen LogP contribution in [0, 0.1) is 19.8 Å². The number of pyridine rings is 1. The van der Waals surface area contributed by atoms with Gasteiger partial charge in [-0.3, -0.25) is 9.59 Å². The van der Waals surface area contributed by atoms with Crippen LogP contribution in [0.1, 0.15) is 48.8 Å². The van der Waals surface area contributed by atoms with Gasteiger partial charge in [0, 0.05) is 22.7 Å². The number of carbonyl (C=O) groups excluding carboxylic acids is 1. The van der Waals surface area contributed by atoms with Crippen molar-refractivity contribution in [1.29, 1.82) is 0 Å². The Morgan fingerprint density at radius 3 is 2.52 bits per heavy atom. The van der Waals surface area contributed by atoms with Gasteiger partial charge in [0.1, 0.15) is 0 Å². The second kappa shape index (κ2) is 8.24. The Hall–Kier alpha value is -2.88. The van der Waals surface area contributed by atoms with E-state index in [1.165, 1.54) is 6.42 Å². The third kappa shape index (κ3) is 4.26. The van der Waals surface area contributed by atoms with Crippen molar-refractivity contribution in [3.63, 3.8) is 0 Å². The van der Waals surface area contributed by atoms with Crippen LogP contribution in [0.3, 0.4) is 0 Å². The maximum Gasteiger partial charge on any atom is 0.253 e. The number of fused-ring (bicyclic) bond motifs is 1. The van der Waals surface area contributed by atoms with Gasteiger partial charge in [0.2, 0.25) is 5.91 Å². The Bertz CT molecular complexity index is 1090. The second-order valence-electron chi connectivity index (χ2n) is 8.31. The van der Waals surface area contributed by atoms with E-state index in [0.717, 1.165) is 53.4 Å². The number of aromatic nitrogens is 1. The first-order valence-corrected chi connectivity index (χ1v) is 10.5. The summed E-state index contributed by atoms with van der Waals surface area (Å²) in [7, 11) is 0. The van der Waals surface area contributed by atoms with Crippen LogP contribution in [0.15, 0.2) is 53.3 Å². The highest BCUT2D eigenvalue weighted by Gasteiger charge is 2.27. The number of rotatable bonds is 4. The van der Waals surface area contributed by atoms with E-state index in [0.29, 0.717) is 5.56 Å². The van der Waals surface area contributed by atoms with E-state index in [1.54, 1.807) is 0 Å². The maximum absolute atomic E-state index is 13.5. The first-order valence-electron chi connectivity index (χ1n) is 10.5. The predicted molar refractivity (Wildman–Crippen MR) is 118 cm³/mol. The van der Waals surface area contributed by atoms with Crippen LogP contribution in [0.25, 0.3) is 10.9 Å². The summed E-state index contributed by atoms with van der Waals surface area (Å²) < 4.78 is 0. The summed E-state index contributed by atoms with van der Waals surface area (Å²) in [5.41, 5.74) is 4.43. The van der Waals surface area contributed by atoms with E-state index in [-0.39, 0.29) is 23.9 Å². The third-order valence-corrected chi connectivity index (χ3v) is 5.94. The number of nitrogens with one attached hydrogen (secondary N) is 1. The molecule has 1 fully saturated rings. The Labute approximate surface area is 171 Å². The van der Waals surface area contributed by atoms with E-state index in [1.807, 2.05) is 61.2 Å². The average molecular weight is 389 g/mol. The largest absolute Gasteiger partial charge is 0.322 e. The molecule has 1 amide bonds. The van der Waals surface area contributed by atoms with Crippen LogP contribution in [0.2, 0.25) is 0 Å². The van der Waals surface area contributed by atoms with Crippen molar-refractivity contribution in [2.45, 2.75) is 52.5 Å². The smallest absolute Gasteiger partial charge is 0.253 e. The van der Waals surface area contributed by atoms with Crippen LogP contribution in [0.5, 0.6) is 0 Å². The van der Waals surface area contributed by atoms with Gasteiger partial charge in [-0.15, -0.1) is 0 Å². The number of benzene rings is 2. The molecule has 0 unspecified atom stereocenters. The number of aromatic amines is 1. The van der Waals surface area contributed by atoms with E-state index in [9.17, 15) is 9.59 Å². The molecule has 4 heteroatoms. The average Bonchev–Trinajstić information content (AvgIpc) is 2.72. The lowest BCUT2D eigenvalue weighted by Crippen LogP contribution is -2.38. The highest BCUT2D eigenvalue weighted by atomic mass is 16.2. The zero-order valence-electron chi connectivity index (χ0n) is 17.2. The molecule has 2 aromatic carbocycles. The molecule has 0 spiro atoms. The van der Waals surface area contributed by atoms with E-state index in [4.69, 9.17) is 0 Å². The molecular formula is C25H28N2O2. The number of amides is 1. The Balaban J connectivity index is 1.73. The number of hydrogen-bond acceptors (Lipinski definition) is 2. The van der Waals surface area contributed by atoms with Gasteiger partial charge in [-0.05, 0) is 68.0 Å². The molecule has 4 nitrogen and oxygen atoms in total. The van der Waals surface area contributed by atoms with Gasteiger partial charge < -0.3 is 9.88 Å². The van der Waals surface area contributed by atoms with Crippen molar-refractivity contribution in [2.24, 2.45) is 5.92 Å². The highest BCUT2D eigenvalue weighted by molar-refractivity contribution is 5.95. The molecule has 0 bridgehead atoms. The van der Waals surface area contributed by atoms with Gasteiger partial charge in [0.15, 0.2) is 0 Å². The van der Waals surface area contributed by atoms with Crippen molar-refractivity contribution in [1.82, 2.24) is 4.98 Å². The first kappa shape index (κ1) is 19.4. The molecule has 29 heavy (non-hydrogen) atoms. The van der Waals surface area contributed by atoms with Crippen LogP contribution in [0.4, 0.5) is 5.69 Å². The van der Waals surface area contributed by atoms with Crippen LogP contribution in [-0.2, 0) is 11.3 Å². The normalized spacial score (nSPS) is 14.8. The van der Waals surface area contributed by atoms with Crippen LogP contribution >= 0.6 is 0 Å². The van der Waals surface area contributed by atoms with Crippen molar-refractivity contribution in [3.8, 4) is 0 Å². The molecule has 3 aromatic rings. The maximum atomic E-state index is 13.5. The Morgan fingerprint density at radius 2 is 1.76 bits per heavy atom. The van der Waals surface area contributed by atoms with Crippen LogP contribution in [-0.4, -0.2) is 10.9 Å². The number of hydrogen-bond donors (Lipinski definition) is 1. The van der Waals surface area contributed by atoms with Crippen molar-refractivity contribution in [2.75, 3.05) is 4.90 Å². The Morgan fingerprint density at radius 1 is 1.00 bits per heavy atom. The summed E-state index contributed by atoms with van der Waals surface area (Å²) >= 11 is 0. The summed E-state index contributed by atoms with van der Waals surface area (Å²) in [4.78, 5) is 31.0. The molecule has 0 aliphatic heterocycles. The van der Waals surface area contributed by atoms with E-state index < -0.39 is 0 Å². The highest BCUT2D eigenvalue weighted by Crippen LogP contribution is 2.29. The van der Waals surface area contributed by atoms with Gasteiger partial charge in [0.25, 0.3) is 5.56 Å². The molecule has 1 aliphatic rings. The summed E-state index contributed by atoms with van der Waals surface area (Å²) in [5, 5.41) is 0.994. The number of nitrogens with zero attached hydrogens (tertiary/aromatic N) is 1. The molecule has 1 heterocycles. The van der Waals surface area contributed by atoms with Crippen LogP contribution < -0.4 is 10.5 Å². The van der Waals surface area contributed by atoms with Gasteiger partial charge in [0.05, 0.1) is 6.54 Å². The summed E-state index contributed by atoms with van der Waals surface area (Å²) in [5.74, 6) is 0.185. The lowest BCUT2D eigenvalue weighted by molar-refractivity contribution is -0.123. The van der Waals surface area contributed by atoms with Gasteiger partial charge in [-0.2, -0.15) is 0 Å². The summed E-state index contributed by atoms with van der Waals surface area (Å²) in [6.07, 6.45) is 5.29. The molecule has 1 saturated carbocycles. The SMILES string of the molecule is Cc1cccc(N(Cc2cc3cc(C)ccc3[nH]c2=O)C(=O)C2CCCCC2)c1. The number of carbonyl (C=O) groups is 1. The minimum Gasteiger partial charge on any atom is -0.322 e. The molecule has 0 atom stereocenters. The fourth-order valence-electron chi connectivity index (χ4n) is 4.32. The predicted octanol–water partition coefficient (Wildman–Crippen LogP) is 5.26. The Kier molecular flexibility index (Phi) is 5.52. The third-order valence-electron chi connectivity index (χ3n) is 5.94. The van der Waals surface area contributed by atoms with Gasteiger partial charge in [-0.25, -0.2) is 0 Å². The van der Waals surface area contributed by atoms with E-state index in [2.05, 4.69) is 11.1 Å². The molecule has 150 valence electrons. The summed E-state index contributed by atoms with van der Waals surface area (Å²) in [6.45, 7) is 4.35. The second-order valence-corrected chi connectivity index (χ2v) is 8.31. The molecule has 1 aliphatic carbocycles. The van der Waals surface area contributed by atoms with Crippen molar-refractivity contribution in [3.05, 3.63) is 75.6 Å². The standard InChI is InChI=1S/C25H28N2O2/c1-17-7-6-10-22(14-17)27(25(29)19-8-4-3-5-9-19)16-21-15-20-13-18(2)11-12-23(20)26-24(21)28/h6-7,10-15,19H,3-5,8-9,16H2,1-2H3,(H,26,28). The number of H-pyrrole nitrogens is 1. The number of anilines is 1. The zero-order valence-corrected chi connectivity index (χ0v) is 17.2. The summed E-state index contributed by atoms with van der Waals surface area (Å²) in [6, 6.07) is 15.9. The van der Waals surface area contributed by atoms with Crippen molar-refractivity contribution >= 4 is 22.5 Å². The number of aryl methyl sites for hydroxylation is 2. The molecule has 1 aromatic heterocycles. The molecule has 4 rings (SSSR count). The minimum atomic E-state index is -0.129. The molecule has 0 radical (unpaired) electrons. The monoisotopic (exact) mass is 388 g/mol. The van der Waals surface area contributed by atoms with Gasteiger partial charge >= 0.3 is 0 Å². The van der Waals surface area contributed by atoms with Gasteiger partial charge in [-0.1, -0.05) is 43.0 Å². The van der Waals surface area contributed by atoms with E-state index >= 15 is 0 Å². The van der Waals surface area contributed by atoms with Crippen molar-refractivity contribution < 1.29 is 4.79 Å². The lowest BCUT2D eigenvalue weighted by atomic mass is 9.88. The fraction of sp³-hybridized carbons (Fsp3) is 0.360. The zero-order chi connectivity index (χ0) is 20.4. The first-order chi connectivity index (χ1) is 14.0. The topological polar surface area (TPSA) is 53.2 Å². The molecular weight excluding hydrogens is 360 g/mol. The fourth-order valence-corrected chi connectivity index (χ4v) is 4.32. The quantitative estimate of drug-likeness (QED) is 0.663.